The number of ether oxygens (including phenoxy) is 1. The van der Waals surface area contributed by atoms with E-state index in [9.17, 15) is 4.79 Å². The Balaban J connectivity index is 2.96. The highest BCUT2D eigenvalue weighted by Crippen LogP contribution is 2.25. The third-order valence-corrected chi connectivity index (χ3v) is 3.69. The molecule has 2 N–H and O–H groups in total. The van der Waals surface area contributed by atoms with Crippen molar-refractivity contribution in [2.75, 3.05) is 34.8 Å². The molecule has 2 atom stereocenters. The molecule has 0 aliphatic carbocycles. The highest BCUT2D eigenvalue weighted by Gasteiger charge is 2.25. The number of carbonyl (C=O) groups is 1. The first-order valence-electron chi connectivity index (χ1n) is 7.20. The van der Waals surface area contributed by atoms with Gasteiger partial charge in [0.25, 0.3) is 0 Å². The van der Waals surface area contributed by atoms with E-state index in [4.69, 9.17) is 10.5 Å². The Bertz CT molecular complexity index is 445. The Morgan fingerprint density at radius 3 is 2.24 bits per heavy atom. The topological polar surface area (TPSA) is 58.8 Å². The molecular formula is C16H27N3O2. The summed E-state index contributed by atoms with van der Waals surface area (Å²) in [5.41, 5.74) is 7.37. The maximum atomic E-state index is 11.9. The molecule has 0 spiro atoms. The summed E-state index contributed by atoms with van der Waals surface area (Å²) in [5, 5.41) is 0. The minimum absolute atomic E-state index is 0.00445. The number of amides is 1. The van der Waals surface area contributed by atoms with E-state index < -0.39 is 0 Å². The summed E-state index contributed by atoms with van der Waals surface area (Å²) in [6.07, 6.45) is 0.844. The number of nitrogens with two attached hydrogens (primary N) is 1. The summed E-state index contributed by atoms with van der Waals surface area (Å²) in [5.74, 6) is 0.883. The van der Waals surface area contributed by atoms with Gasteiger partial charge in [-0.05, 0) is 31.2 Å². The van der Waals surface area contributed by atoms with Gasteiger partial charge >= 0.3 is 0 Å². The fourth-order valence-electron chi connectivity index (χ4n) is 2.31. The average molecular weight is 293 g/mol. The van der Waals surface area contributed by atoms with Gasteiger partial charge in [0.1, 0.15) is 5.75 Å². The van der Waals surface area contributed by atoms with E-state index in [-0.39, 0.29) is 18.0 Å². The smallest absolute Gasteiger partial charge is 0.236 e. The van der Waals surface area contributed by atoms with Gasteiger partial charge in [-0.2, -0.15) is 0 Å². The lowest BCUT2D eigenvalue weighted by Gasteiger charge is -2.33. The standard InChI is InChI=1S/C16H27N3O2/c1-6-14(17)16(19(4)11-15(20)18(2)3)12-7-9-13(21-5)10-8-12/h7-10,14,16H,6,11,17H2,1-5H3. The van der Waals surface area contributed by atoms with E-state index in [0.717, 1.165) is 17.7 Å². The second kappa shape index (κ2) is 8.00. The molecular weight excluding hydrogens is 266 g/mol. The van der Waals surface area contributed by atoms with Crippen molar-refractivity contribution >= 4 is 5.91 Å². The van der Waals surface area contributed by atoms with Crippen LogP contribution in [0.4, 0.5) is 0 Å². The highest BCUT2D eigenvalue weighted by atomic mass is 16.5. The van der Waals surface area contributed by atoms with Gasteiger partial charge in [-0.3, -0.25) is 9.69 Å². The normalized spacial score (nSPS) is 13.9. The molecule has 0 fully saturated rings. The highest BCUT2D eigenvalue weighted by molar-refractivity contribution is 5.77. The van der Waals surface area contributed by atoms with Crippen molar-refractivity contribution in [1.82, 2.24) is 9.80 Å². The SMILES string of the molecule is CCC(N)C(c1ccc(OC)cc1)N(C)CC(=O)N(C)C. The summed E-state index contributed by atoms with van der Waals surface area (Å²) >= 11 is 0. The monoisotopic (exact) mass is 293 g/mol. The summed E-state index contributed by atoms with van der Waals surface area (Å²) in [6, 6.07) is 7.84. The minimum atomic E-state index is -0.0293. The molecule has 1 aromatic rings. The molecule has 5 nitrogen and oxygen atoms in total. The van der Waals surface area contributed by atoms with E-state index in [1.54, 1.807) is 26.1 Å². The van der Waals surface area contributed by atoms with Gasteiger partial charge in [0.2, 0.25) is 5.91 Å². The average Bonchev–Trinajstić information content (AvgIpc) is 2.47. The first-order valence-corrected chi connectivity index (χ1v) is 7.20. The number of methoxy groups -OCH3 is 1. The number of carbonyl (C=O) groups excluding carboxylic acids is 1. The van der Waals surface area contributed by atoms with Crippen LogP contribution < -0.4 is 10.5 Å². The van der Waals surface area contributed by atoms with Crippen molar-refractivity contribution in [3.63, 3.8) is 0 Å². The molecule has 0 bridgehead atoms. The molecule has 0 radical (unpaired) electrons. The molecule has 0 heterocycles. The second-order valence-electron chi connectivity index (χ2n) is 5.49. The van der Waals surface area contributed by atoms with Crippen molar-refractivity contribution in [3.8, 4) is 5.75 Å². The van der Waals surface area contributed by atoms with Gasteiger partial charge in [-0.1, -0.05) is 19.1 Å². The summed E-state index contributed by atoms with van der Waals surface area (Å²) in [6.45, 7) is 2.40. The summed E-state index contributed by atoms with van der Waals surface area (Å²) in [4.78, 5) is 15.5. The van der Waals surface area contributed by atoms with Crippen molar-refractivity contribution in [1.29, 1.82) is 0 Å². The van der Waals surface area contributed by atoms with Crippen LogP contribution >= 0.6 is 0 Å². The lowest BCUT2D eigenvalue weighted by Crippen LogP contribution is -2.43. The van der Waals surface area contributed by atoms with E-state index >= 15 is 0 Å². The molecule has 1 amide bonds. The van der Waals surface area contributed by atoms with Crippen LogP contribution in [0.5, 0.6) is 5.75 Å². The van der Waals surface area contributed by atoms with Crippen LogP contribution in [-0.2, 0) is 4.79 Å². The number of rotatable bonds is 7. The fraction of sp³-hybridized carbons (Fsp3) is 0.562. The van der Waals surface area contributed by atoms with Crippen molar-refractivity contribution in [2.45, 2.75) is 25.4 Å². The summed E-state index contributed by atoms with van der Waals surface area (Å²) in [7, 11) is 7.11. The van der Waals surface area contributed by atoms with Crippen LogP contribution in [-0.4, -0.2) is 56.5 Å². The van der Waals surface area contributed by atoms with Gasteiger partial charge in [0.15, 0.2) is 0 Å². The molecule has 1 rings (SSSR count). The van der Waals surface area contributed by atoms with Gasteiger partial charge in [0.05, 0.1) is 19.7 Å². The van der Waals surface area contributed by atoms with E-state index in [2.05, 4.69) is 6.92 Å². The van der Waals surface area contributed by atoms with Gasteiger partial charge in [-0.15, -0.1) is 0 Å². The minimum Gasteiger partial charge on any atom is -0.497 e. The number of benzene rings is 1. The van der Waals surface area contributed by atoms with E-state index in [0.29, 0.717) is 6.54 Å². The second-order valence-corrected chi connectivity index (χ2v) is 5.49. The number of likely N-dealkylation sites (N-methyl/N-ethyl adjacent to an activating group) is 2. The largest absolute Gasteiger partial charge is 0.497 e. The number of hydrogen-bond acceptors (Lipinski definition) is 4. The maximum Gasteiger partial charge on any atom is 0.236 e. The molecule has 0 aliphatic heterocycles. The predicted octanol–water partition coefficient (Wildman–Crippen LogP) is 1.49. The fourth-order valence-corrected chi connectivity index (χ4v) is 2.31. The molecule has 5 heteroatoms. The van der Waals surface area contributed by atoms with Crippen LogP contribution in [0.1, 0.15) is 24.9 Å². The lowest BCUT2D eigenvalue weighted by atomic mass is 9.96. The Labute approximate surface area is 127 Å². The molecule has 0 aromatic heterocycles. The molecule has 118 valence electrons. The molecule has 1 aromatic carbocycles. The lowest BCUT2D eigenvalue weighted by molar-refractivity contribution is -0.130. The first-order chi connectivity index (χ1) is 9.90. The molecule has 2 unspecified atom stereocenters. The van der Waals surface area contributed by atoms with Crippen LogP contribution in [0.25, 0.3) is 0 Å². The zero-order chi connectivity index (χ0) is 16.0. The van der Waals surface area contributed by atoms with Crippen molar-refractivity contribution < 1.29 is 9.53 Å². The quantitative estimate of drug-likeness (QED) is 0.827. The molecule has 21 heavy (non-hydrogen) atoms. The Morgan fingerprint density at radius 2 is 1.81 bits per heavy atom. The Hall–Kier alpha value is -1.59. The van der Waals surface area contributed by atoms with Crippen LogP contribution in [0.15, 0.2) is 24.3 Å². The zero-order valence-electron chi connectivity index (χ0n) is 13.7. The summed E-state index contributed by atoms with van der Waals surface area (Å²) < 4.78 is 5.19. The van der Waals surface area contributed by atoms with Gasteiger partial charge in [0, 0.05) is 20.1 Å². The molecule has 0 saturated heterocycles. The van der Waals surface area contributed by atoms with E-state index in [1.165, 1.54) is 0 Å². The third kappa shape index (κ3) is 4.72. The predicted molar refractivity (Wildman–Crippen MR) is 85.3 cm³/mol. The molecule has 0 aliphatic rings. The number of hydrogen-bond donors (Lipinski definition) is 1. The van der Waals surface area contributed by atoms with Crippen molar-refractivity contribution in [3.05, 3.63) is 29.8 Å². The first kappa shape index (κ1) is 17.5. The van der Waals surface area contributed by atoms with Crippen LogP contribution in [0, 0.1) is 0 Å². The Kier molecular flexibility index (Phi) is 6.65. The van der Waals surface area contributed by atoms with Crippen molar-refractivity contribution in [2.24, 2.45) is 5.73 Å². The zero-order valence-corrected chi connectivity index (χ0v) is 13.7. The van der Waals surface area contributed by atoms with Gasteiger partial charge in [-0.25, -0.2) is 0 Å². The number of nitrogens with zero attached hydrogens (tertiary/aromatic N) is 2. The Morgan fingerprint density at radius 1 is 1.24 bits per heavy atom. The maximum absolute atomic E-state index is 11.9. The molecule has 0 saturated carbocycles. The van der Waals surface area contributed by atoms with Gasteiger partial charge < -0.3 is 15.4 Å². The van der Waals surface area contributed by atoms with Crippen LogP contribution in [0.2, 0.25) is 0 Å². The van der Waals surface area contributed by atoms with Crippen LogP contribution in [0.3, 0.4) is 0 Å². The van der Waals surface area contributed by atoms with E-state index in [1.807, 2.05) is 36.2 Å². The third-order valence-electron chi connectivity index (χ3n) is 3.69.